The van der Waals surface area contributed by atoms with Gasteiger partial charge in [0.05, 0.1) is 18.2 Å². The molecule has 110 valence electrons. The first kappa shape index (κ1) is 16.6. The average Bonchev–Trinajstić information content (AvgIpc) is 2.37. The maximum absolute atomic E-state index is 11.8. The first-order valence-electron chi connectivity index (χ1n) is 5.94. The van der Waals surface area contributed by atoms with E-state index in [1.807, 2.05) is 0 Å². The van der Waals surface area contributed by atoms with E-state index in [0.717, 1.165) is 0 Å². The monoisotopic (exact) mass is 320 g/mol. The van der Waals surface area contributed by atoms with Crippen LogP contribution < -0.4 is 4.74 Å². The van der Waals surface area contributed by atoms with Crippen molar-refractivity contribution in [2.24, 2.45) is 0 Å². The Morgan fingerprint density at radius 2 is 1.75 bits per heavy atom. The van der Waals surface area contributed by atoms with Crippen molar-refractivity contribution in [3.05, 3.63) is 27.7 Å². The molecule has 0 spiro atoms. The van der Waals surface area contributed by atoms with E-state index in [2.05, 4.69) is 0 Å². The first-order valence-corrected chi connectivity index (χ1v) is 6.69. The summed E-state index contributed by atoms with van der Waals surface area (Å²) >= 11 is 11.8. The lowest BCUT2D eigenvalue weighted by molar-refractivity contribution is -0.145. The van der Waals surface area contributed by atoms with E-state index < -0.39 is 11.9 Å². The molecule has 0 aromatic heterocycles. The van der Waals surface area contributed by atoms with Crippen LogP contribution in [-0.2, 0) is 14.3 Å². The standard InChI is InChI=1S/C13H14Cl2O5/c1-3-18-11(16)7-20-12-9(13(17)19-4-2)5-8(14)6-10(12)15/h5-6H,3-4,7H2,1-2H3. The third-order valence-corrected chi connectivity index (χ3v) is 2.64. The normalized spacial score (nSPS) is 10.0. The number of hydrogen-bond acceptors (Lipinski definition) is 5. The zero-order chi connectivity index (χ0) is 15.1. The summed E-state index contributed by atoms with van der Waals surface area (Å²) in [5.41, 5.74) is 0.0636. The minimum atomic E-state index is -0.629. The highest BCUT2D eigenvalue weighted by Gasteiger charge is 2.19. The van der Waals surface area contributed by atoms with E-state index in [-0.39, 0.29) is 41.2 Å². The third-order valence-electron chi connectivity index (χ3n) is 2.14. The highest BCUT2D eigenvalue weighted by atomic mass is 35.5. The molecule has 0 saturated carbocycles. The number of carbonyl (C=O) groups excluding carboxylic acids is 2. The molecule has 20 heavy (non-hydrogen) atoms. The number of benzene rings is 1. The van der Waals surface area contributed by atoms with Crippen LogP contribution in [0, 0.1) is 0 Å². The van der Waals surface area contributed by atoms with Crippen molar-refractivity contribution in [2.75, 3.05) is 19.8 Å². The summed E-state index contributed by atoms with van der Waals surface area (Å²) < 4.78 is 14.8. The molecule has 0 N–H and O–H groups in total. The highest BCUT2D eigenvalue weighted by molar-refractivity contribution is 6.36. The smallest absolute Gasteiger partial charge is 0.344 e. The van der Waals surface area contributed by atoms with Gasteiger partial charge in [0.2, 0.25) is 0 Å². The van der Waals surface area contributed by atoms with Crippen LogP contribution in [0.15, 0.2) is 12.1 Å². The van der Waals surface area contributed by atoms with Crippen LogP contribution >= 0.6 is 23.2 Å². The first-order chi connectivity index (χ1) is 9.49. The quantitative estimate of drug-likeness (QED) is 0.753. The van der Waals surface area contributed by atoms with Crippen LogP contribution in [0.25, 0.3) is 0 Å². The largest absolute Gasteiger partial charge is 0.479 e. The lowest BCUT2D eigenvalue weighted by Crippen LogP contribution is -2.16. The van der Waals surface area contributed by atoms with Gasteiger partial charge in [-0.2, -0.15) is 0 Å². The predicted octanol–water partition coefficient (Wildman–Crippen LogP) is 3.11. The van der Waals surface area contributed by atoms with Gasteiger partial charge < -0.3 is 14.2 Å². The van der Waals surface area contributed by atoms with Crippen molar-refractivity contribution in [1.82, 2.24) is 0 Å². The van der Waals surface area contributed by atoms with Gasteiger partial charge in [-0.05, 0) is 26.0 Å². The molecule has 0 atom stereocenters. The molecule has 1 aromatic carbocycles. The second-order valence-electron chi connectivity index (χ2n) is 3.58. The van der Waals surface area contributed by atoms with Crippen molar-refractivity contribution in [2.45, 2.75) is 13.8 Å². The molecular formula is C13H14Cl2O5. The molecule has 0 radical (unpaired) electrons. The molecule has 0 aliphatic heterocycles. The molecule has 0 saturated heterocycles. The lowest BCUT2D eigenvalue weighted by atomic mass is 10.2. The fraction of sp³-hybridized carbons (Fsp3) is 0.385. The third kappa shape index (κ3) is 4.58. The Bertz CT molecular complexity index is 502. The van der Waals surface area contributed by atoms with Gasteiger partial charge in [-0.15, -0.1) is 0 Å². The Hall–Kier alpha value is -1.46. The SMILES string of the molecule is CCOC(=O)COc1c(Cl)cc(Cl)cc1C(=O)OCC. The fourth-order valence-corrected chi connectivity index (χ4v) is 1.95. The zero-order valence-electron chi connectivity index (χ0n) is 11.1. The Labute approximate surface area is 126 Å². The van der Waals surface area contributed by atoms with Crippen LogP contribution in [0.3, 0.4) is 0 Å². The van der Waals surface area contributed by atoms with Crippen LogP contribution in [0.2, 0.25) is 10.0 Å². The second-order valence-corrected chi connectivity index (χ2v) is 4.42. The van der Waals surface area contributed by atoms with Crippen LogP contribution in [0.1, 0.15) is 24.2 Å². The molecule has 0 fully saturated rings. The maximum atomic E-state index is 11.8. The van der Waals surface area contributed by atoms with Crippen molar-refractivity contribution in [3.63, 3.8) is 0 Å². The highest BCUT2D eigenvalue weighted by Crippen LogP contribution is 2.33. The number of ether oxygens (including phenoxy) is 3. The number of esters is 2. The molecule has 5 nitrogen and oxygen atoms in total. The van der Waals surface area contributed by atoms with Crippen LogP contribution in [0.4, 0.5) is 0 Å². The Balaban J connectivity index is 2.98. The average molecular weight is 321 g/mol. The van der Waals surface area contributed by atoms with E-state index in [9.17, 15) is 9.59 Å². The summed E-state index contributed by atoms with van der Waals surface area (Å²) in [5, 5.41) is 0.381. The summed E-state index contributed by atoms with van der Waals surface area (Å²) in [4.78, 5) is 23.1. The van der Waals surface area contributed by atoms with E-state index >= 15 is 0 Å². The number of halogens is 2. The van der Waals surface area contributed by atoms with Gasteiger partial charge >= 0.3 is 11.9 Å². The van der Waals surface area contributed by atoms with Gasteiger partial charge in [-0.3, -0.25) is 0 Å². The summed E-state index contributed by atoms with van der Waals surface area (Å²) in [6, 6.07) is 2.78. The fourth-order valence-electron chi connectivity index (χ4n) is 1.40. The molecule has 0 bridgehead atoms. The topological polar surface area (TPSA) is 61.8 Å². The maximum Gasteiger partial charge on any atom is 0.344 e. The summed E-state index contributed by atoms with van der Waals surface area (Å²) in [6.45, 7) is 3.42. The molecule has 1 aromatic rings. The molecule has 7 heteroatoms. The van der Waals surface area contributed by atoms with Gasteiger partial charge in [-0.1, -0.05) is 23.2 Å². The van der Waals surface area contributed by atoms with E-state index in [1.165, 1.54) is 12.1 Å². The van der Waals surface area contributed by atoms with Gasteiger partial charge in [0, 0.05) is 5.02 Å². The predicted molar refractivity (Wildman–Crippen MR) is 74.5 cm³/mol. The molecule has 0 heterocycles. The molecule has 0 amide bonds. The van der Waals surface area contributed by atoms with Crippen molar-refractivity contribution in [3.8, 4) is 5.75 Å². The van der Waals surface area contributed by atoms with Crippen LogP contribution in [0.5, 0.6) is 5.75 Å². The van der Waals surface area contributed by atoms with Gasteiger partial charge in [0.1, 0.15) is 5.56 Å². The van der Waals surface area contributed by atoms with Gasteiger partial charge in [0.25, 0.3) is 0 Å². The molecule has 0 aliphatic rings. The van der Waals surface area contributed by atoms with E-state index in [1.54, 1.807) is 13.8 Å². The minimum Gasteiger partial charge on any atom is -0.479 e. The van der Waals surface area contributed by atoms with E-state index in [4.69, 9.17) is 37.4 Å². The van der Waals surface area contributed by atoms with Crippen molar-refractivity contribution >= 4 is 35.1 Å². The molecular weight excluding hydrogens is 307 g/mol. The van der Waals surface area contributed by atoms with Gasteiger partial charge in [-0.25, -0.2) is 9.59 Å². The van der Waals surface area contributed by atoms with Gasteiger partial charge in [0.15, 0.2) is 12.4 Å². The molecule has 0 aliphatic carbocycles. The minimum absolute atomic E-state index is 0.0440. The summed E-state index contributed by atoms with van der Waals surface area (Å²) in [6.07, 6.45) is 0. The lowest BCUT2D eigenvalue weighted by Gasteiger charge is -2.12. The van der Waals surface area contributed by atoms with Crippen LogP contribution in [-0.4, -0.2) is 31.8 Å². The number of rotatable bonds is 6. The second kappa shape index (κ2) is 7.97. The summed E-state index contributed by atoms with van der Waals surface area (Å²) in [5.74, 6) is -1.15. The number of hydrogen-bond donors (Lipinski definition) is 0. The van der Waals surface area contributed by atoms with E-state index in [0.29, 0.717) is 0 Å². The Morgan fingerprint density at radius 3 is 2.35 bits per heavy atom. The van der Waals surface area contributed by atoms with Crippen molar-refractivity contribution < 1.29 is 23.8 Å². The Kier molecular flexibility index (Phi) is 6.61. The zero-order valence-corrected chi connectivity index (χ0v) is 12.6. The summed E-state index contributed by atoms with van der Waals surface area (Å²) in [7, 11) is 0. The van der Waals surface area contributed by atoms with Crippen molar-refractivity contribution in [1.29, 1.82) is 0 Å². The Morgan fingerprint density at radius 1 is 1.10 bits per heavy atom. The molecule has 1 rings (SSSR count). The molecule has 0 unspecified atom stereocenters. The number of carbonyl (C=O) groups is 2.